The summed E-state index contributed by atoms with van der Waals surface area (Å²) in [6.07, 6.45) is 1.79. The summed E-state index contributed by atoms with van der Waals surface area (Å²) in [5.41, 5.74) is 7.22. The maximum absolute atomic E-state index is 11.7. The third-order valence-electron chi connectivity index (χ3n) is 2.85. The van der Waals surface area contributed by atoms with Gasteiger partial charge in [-0.05, 0) is 12.5 Å². The van der Waals surface area contributed by atoms with Gasteiger partial charge in [-0.3, -0.25) is 14.5 Å². The molecule has 17 heavy (non-hydrogen) atoms. The fourth-order valence-electron chi connectivity index (χ4n) is 1.67. The molecule has 90 valence electrons. The van der Waals surface area contributed by atoms with Crippen molar-refractivity contribution < 1.29 is 9.59 Å². The summed E-state index contributed by atoms with van der Waals surface area (Å²) < 4.78 is 0. The summed E-state index contributed by atoms with van der Waals surface area (Å²) in [5, 5.41) is 2.92. The van der Waals surface area contributed by atoms with Gasteiger partial charge in [0.1, 0.15) is 11.9 Å². The molecule has 6 nitrogen and oxygen atoms in total. The van der Waals surface area contributed by atoms with Crippen molar-refractivity contribution in [3.05, 3.63) is 17.8 Å². The first kappa shape index (κ1) is 11.4. The molecule has 1 aliphatic rings. The number of amides is 2. The molecule has 1 saturated heterocycles. The summed E-state index contributed by atoms with van der Waals surface area (Å²) in [5.74, 6) is 0.0816. The molecule has 0 bridgehead atoms. The van der Waals surface area contributed by atoms with E-state index in [1.807, 2.05) is 6.92 Å². The van der Waals surface area contributed by atoms with E-state index in [0.717, 1.165) is 10.5 Å². The molecule has 1 aliphatic heterocycles. The lowest BCUT2D eigenvalue weighted by Gasteiger charge is -2.12. The molecule has 2 rings (SSSR count). The summed E-state index contributed by atoms with van der Waals surface area (Å²) in [7, 11) is 1.48. The Morgan fingerprint density at radius 1 is 1.53 bits per heavy atom. The average Bonchev–Trinajstić information content (AvgIpc) is 2.52. The minimum atomic E-state index is -0.540. The first-order valence-electron chi connectivity index (χ1n) is 5.28. The number of likely N-dealkylation sites (N-methyl/N-ethyl adjacent to an activating group) is 1. The van der Waals surface area contributed by atoms with E-state index >= 15 is 0 Å². The maximum Gasteiger partial charge on any atom is 0.251 e. The van der Waals surface area contributed by atoms with Crippen LogP contribution in [0.5, 0.6) is 0 Å². The Morgan fingerprint density at radius 2 is 2.24 bits per heavy atom. The molecule has 2 heterocycles. The van der Waals surface area contributed by atoms with Crippen LogP contribution in [-0.2, 0) is 9.59 Å². The second-order valence-corrected chi connectivity index (χ2v) is 4.12. The summed E-state index contributed by atoms with van der Waals surface area (Å²) >= 11 is 0. The van der Waals surface area contributed by atoms with E-state index in [1.54, 1.807) is 12.3 Å². The van der Waals surface area contributed by atoms with Crippen LogP contribution in [0.3, 0.4) is 0 Å². The third-order valence-corrected chi connectivity index (χ3v) is 2.85. The quantitative estimate of drug-likeness (QED) is 0.711. The van der Waals surface area contributed by atoms with Crippen molar-refractivity contribution in [1.29, 1.82) is 0 Å². The largest absolute Gasteiger partial charge is 0.398 e. The van der Waals surface area contributed by atoms with Crippen molar-refractivity contribution in [2.75, 3.05) is 18.1 Å². The molecule has 0 aliphatic carbocycles. The van der Waals surface area contributed by atoms with Crippen LogP contribution in [0.15, 0.2) is 12.3 Å². The van der Waals surface area contributed by atoms with Gasteiger partial charge in [0.2, 0.25) is 5.91 Å². The zero-order valence-corrected chi connectivity index (χ0v) is 9.73. The summed E-state index contributed by atoms with van der Waals surface area (Å²) in [6, 6.07) is 1.12. The van der Waals surface area contributed by atoms with Gasteiger partial charge >= 0.3 is 0 Å². The fourth-order valence-corrected chi connectivity index (χ4v) is 1.67. The lowest BCUT2D eigenvalue weighted by atomic mass is 10.2. The molecule has 6 heteroatoms. The van der Waals surface area contributed by atoms with E-state index in [-0.39, 0.29) is 18.2 Å². The van der Waals surface area contributed by atoms with E-state index in [4.69, 9.17) is 5.73 Å². The molecule has 1 unspecified atom stereocenters. The predicted octanol–water partition coefficient (Wildman–Crippen LogP) is 0.141. The van der Waals surface area contributed by atoms with Crippen molar-refractivity contribution in [2.24, 2.45) is 0 Å². The van der Waals surface area contributed by atoms with E-state index in [0.29, 0.717) is 11.5 Å². The number of aryl methyl sites for hydroxylation is 1. The van der Waals surface area contributed by atoms with Gasteiger partial charge in [0, 0.05) is 25.0 Å². The number of pyridine rings is 1. The lowest BCUT2D eigenvalue weighted by molar-refractivity contribution is -0.136. The molecular formula is C11H14N4O2. The number of nitrogens with two attached hydrogens (primary N) is 1. The number of carbonyl (C=O) groups excluding carboxylic acids is 2. The number of hydrogen-bond donors (Lipinski definition) is 2. The third kappa shape index (κ3) is 2.06. The highest BCUT2D eigenvalue weighted by Gasteiger charge is 2.36. The monoisotopic (exact) mass is 234 g/mol. The molecule has 1 atom stereocenters. The Kier molecular flexibility index (Phi) is 2.71. The van der Waals surface area contributed by atoms with Crippen LogP contribution in [-0.4, -0.2) is 34.8 Å². The van der Waals surface area contributed by atoms with E-state index in [9.17, 15) is 9.59 Å². The highest BCUT2D eigenvalue weighted by atomic mass is 16.2. The van der Waals surface area contributed by atoms with Crippen LogP contribution in [0.2, 0.25) is 0 Å². The van der Waals surface area contributed by atoms with Gasteiger partial charge in [-0.2, -0.15) is 0 Å². The smallest absolute Gasteiger partial charge is 0.251 e. The number of anilines is 2. The minimum absolute atomic E-state index is 0.158. The Morgan fingerprint density at radius 3 is 2.76 bits per heavy atom. The lowest BCUT2D eigenvalue weighted by Crippen LogP contribution is -2.32. The molecule has 0 radical (unpaired) electrons. The Hall–Kier alpha value is -2.11. The molecule has 0 saturated carbocycles. The van der Waals surface area contributed by atoms with Crippen molar-refractivity contribution in [3.63, 3.8) is 0 Å². The zero-order valence-electron chi connectivity index (χ0n) is 9.73. The SMILES string of the molecule is Cc1cnc(NC2CC(=O)N(C)C2=O)cc1N. The molecule has 3 N–H and O–H groups in total. The highest BCUT2D eigenvalue weighted by molar-refractivity contribution is 6.06. The number of nitrogens with zero attached hydrogens (tertiary/aromatic N) is 2. The van der Waals surface area contributed by atoms with Crippen LogP contribution in [0.4, 0.5) is 11.5 Å². The van der Waals surface area contributed by atoms with E-state index in [1.165, 1.54) is 7.05 Å². The predicted molar refractivity (Wildman–Crippen MR) is 63.2 cm³/mol. The van der Waals surface area contributed by atoms with Crippen LogP contribution in [0.1, 0.15) is 12.0 Å². The van der Waals surface area contributed by atoms with Crippen LogP contribution in [0, 0.1) is 6.92 Å². The second-order valence-electron chi connectivity index (χ2n) is 4.12. The van der Waals surface area contributed by atoms with Crippen molar-refractivity contribution >= 4 is 23.3 Å². The van der Waals surface area contributed by atoms with Crippen molar-refractivity contribution in [1.82, 2.24) is 9.88 Å². The topological polar surface area (TPSA) is 88.3 Å². The number of aromatic nitrogens is 1. The van der Waals surface area contributed by atoms with Crippen LogP contribution in [0.25, 0.3) is 0 Å². The molecular weight excluding hydrogens is 220 g/mol. The Bertz CT molecular complexity index is 486. The maximum atomic E-state index is 11.7. The molecule has 0 aromatic carbocycles. The summed E-state index contributed by atoms with van der Waals surface area (Å²) in [6.45, 7) is 1.85. The van der Waals surface area contributed by atoms with Gasteiger partial charge in [-0.1, -0.05) is 0 Å². The highest BCUT2D eigenvalue weighted by Crippen LogP contribution is 2.18. The first-order valence-corrected chi connectivity index (χ1v) is 5.28. The fraction of sp³-hybridized carbons (Fsp3) is 0.364. The molecule has 1 fully saturated rings. The molecule has 2 amide bonds. The number of rotatable bonds is 2. The van der Waals surface area contributed by atoms with Gasteiger partial charge in [-0.15, -0.1) is 0 Å². The van der Waals surface area contributed by atoms with Gasteiger partial charge < -0.3 is 11.1 Å². The van der Waals surface area contributed by atoms with E-state index < -0.39 is 6.04 Å². The van der Waals surface area contributed by atoms with Gasteiger partial charge in [0.25, 0.3) is 5.91 Å². The van der Waals surface area contributed by atoms with E-state index in [2.05, 4.69) is 10.3 Å². The standard InChI is InChI=1S/C11H14N4O2/c1-6-5-13-9(3-7(6)12)14-8-4-10(16)15(2)11(8)17/h3,5,8H,4H2,1-2H3,(H3,12,13,14). The summed E-state index contributed by atoms with van der Waals surface area (Å²) in [4.78, 5) is 28.2. The van der Waals surface area contributed by atoms with Gasteiger partial charge in [0.05, 0.1) is 6.42 Å². The number of nitrogen functional groups attached to an aromatic ring is 1. The Labute approximate surface area is 98.8 Å². The number of nitrogens with one attached hydrogen (secondary N) is 1. The minimum Gasteiger partial charge on any atom is -0.398 e. The first-order chi connectivity index (χ1) is 7.99. The number of hydrogen-bond acceptors (Lipinski definition) is 5. The van der Waals surface area contributed by atoms with Gasteiger partial charge in [0.15, 0.2) is 0 Å². The van der Waals surface area contributed by atoms with Crippen molar-refractivity contribution in [3.8, 4) is 0 Å². The second kappa shape index (κ2) is 4.04. The normalized spacial score (nSPS) is 19.9. The molecule has 1 aromatic rings. The Balaban J connectivity index is 2.14. The average molecular weight is 234 g/mol. The molecule has 1 aromatic heterocycles. The van der Waals surface area contributed by atoms with Crippen LogP contribution < -0.4 is 11.1 Å². The van der Waals surface area contributed by atoms with Crippen LogP contribution >= 0.6 is 0 Å². The van der Waals surface area contributed by atoms with Gasteiger partial charge in [-0.25, -0.2) is 4.98 Å². The number of imide groups is 1. The molecule has 0 spiro atoms. The van der Waals surface area contributed by atoms with Crippen molar-refractivity contribution in [2.45, 2.75) is 19.4 Å². The number of carbonyl (C=O) groups is 2. The number of likely N-dealkylation sites (tertiary alicyclic amines) is 1. The zero-order chi connectivity index (χ0) is 12.6.